The average molecular weight is 413 g/mol. The molecule has 6 nitrogen and oxygen atoms in total. The molecule has 0 radical (unpaired) electrons. The molecule has 0 aliphatic heterocycles. The molecule has 0 saturated heterocycles. The number of sulfonamides is 1. The zero-order valence-corrected chi connectivity index (χ0v) is 17.8. The highest BCUT2D eigenvalue weighted by Crippen LogP contribution is 2.60. The van der Waals surface area contributed by atoms with Gasteiger partial charge in [0.2, 0.25) is 5.95 Å². The van der Waals surface area contributed by atoms with Crippen LogP contribution in [0.2, 0.25) is 0 Å². The first-order valence-corrected chi connectivity index (χ1v) is 12.0. The SMILES string of the molecule is Cc1cc(C)nc(NNS(=O)(=O)c2ccc(C34CC5CC(CC(C5)C3)C4)cc2)n1. The summed E-state index contributed by atoms with van der Waals surface area (Å²) in [5.74, 6) is 2.85. The summed E-state index contributed by atoms with van der Waals surface area (Å²) in [4.78, 5) is 11.1. The average Bonchev–Trinajstić information content (AvgIpc) is 2.65. The summed E-state index contributed by atoms with van der Waals surface area (Å²) in [6.07, 6.45) is 8.03. The second kappa shape index (κ2) is 6.77. The van der Waals surface area contributed by atoms with Crippen molar-refractivity contribution in [1.29, 1.82) is 0 Å². The molecule has 0 amide bonds. The van der Waals surface area contributed by atoms with Crippen LogP contribution in [0.1, 0.15) is 55.5 Å². The van der Waals surface area contributed by atoms with E-state index < -0.39 is 10.0 Å². The summed E-state index contributed by atoms with van der Waals surface area (Å²) >= 11 is 0. The van der Waals surface area contributed by atoms with Crippen LogP contribution in [0.5, 0.6) is 0 Å². The van der Waals surface area contributed by atoms with Gasteiger partial charge in [0.25, 0.3) is 10.0 Å². The molecule has 0 atom stereocenters. The quantitative estimate of drug-likeness (QED) is 0.729. The Bertz CT molecular complexity index is 978. The molecule has 1 aromatic carbocycles. The molecular formula is C22H28N4O2S. The van der Waals surface area contributed by atoms with Crippen molar-refractivity contribution < 1.29 is 8.42 Å². The molecule has 0 spiro atoms. The number of hydrazine groups is 1. The maximum absolute atomic E-state index is 12.7. The molecule has 0 unspecified atom stereocenters. The molecule has 7 heteroatoms. The van der Waals surface area contributed by atoms with Gasteiger partial charge in [-0.15, -0.1) is 4.83 Å². The van der Waals surface area contributed by atoms with Crippen molar-refractivity contribution in [3.05, 3.63) is 47.3 Å². The van der Waals surface area contributed by atoms with Crippen LogP contribution in [0.15, 0.2) is 35.2 Å². The number of rotatable bonds is 5. The van der Waals surface area contributed by atoms with E-state index in [4.69, 9.17) is 0 Å². The van der Waals surface area contributed by atoms with Crippen LogP contribution in [0.3, 0.4) is 0 Å². The summed E-state index contributed by atoms with van der Waals surface area (Å²) < 4.78 is 25.4. The summed E-state index contributed by atoms with van der Waals surface area (Å²) in [7, 11) is -3.70. The molecule has 154 valence electrons. The van der Waals surface area contributed by atoms with Gasteiger partial charge < -0.3 is 0 Å². The standard InChI is InChI=1S/C22H28N4O2S/c1-14-7-15(2)24-21(23-14)25-26-29(27,28)20-5-3-19(4-6-20)22-11-16-8-17(12-22)10-18(9-16)13-22/h3-7,16-18,26H,8-13H2,1-2H3,(H,23,24,25). The van der Waals surface area contributed by atoms with Crippen molar-refractivity contribution >= 4 is 16.0 Å². The molecule has 4 saturated carbocycles. The summed E-state index contributed by atoms with van der Waals surface area (Å²) in [6, 6.07) is 9.38. The van der Waals surface area contributed by atoms with Gasteiger partial charge in [-0.05, 0) is 99.3 Å². The Morgan fingerprint density at radius 1 is 0.897 bits per heavy atom. The van der Waals surface area contributed by atoms with Crippen molar-refractivity contribution in [3.63, 3.8) is 0 Å². The number of aromatic nitrogens is 2. The predicted molar refractivity (Wildman–Crippen MR) is 112 cm³/mol. The van der Waals surface area contributed by atoms with E-state index in [1.807, 2.05) is 32.0 Å². The van der Waals surface area contributed by atoms with E-state index in [0.717, 1.165) is 29.1 Å². The number of benzene rings is 1. The lowest BCUT2D eigenvalue weighted by Crippen LogP contribution is -2.48. The monoisotopic (exact) mass is 412 g/mol. The Hall–Kier alpha value is -1.99. The lowest BCUT2D eigenvalue weighted by Gasteiger charge is -2.57. The predicted octanol–water partition coefficient (Wildman–Crippen LogP) is 3.87. The van der Waals surface area contributed by atoms with Gasteiger partial charge in [-0.3, -0.25) is 5.43 Å². The third-order valence-corrected chi connectivity index (χ3v) is 8.36. The first-order valence-electron chi connectivity index (χ1n) is 10.5. The van der Waals surface area contributed by atoms with Gasteiger partial charge in [0, 0.05) is 11.4 Å². The fraction of sp³-hybridized carbons (Fsp3) is 0.545. The zero-order valence-electron chi connectivity index (χ0n) is 17.0. The van der Waals surface area contributed by atoms with Crippen molar-refractivity contribution in [2.75, 3.05) is 5.43 Å². The molecule has 2 aromatic rings. The topological polar surface area (TPSA) is 84.0 Å². The van der Waals surface area contributed by atoms with Crippen LogP contribution < -0.4 is 10.3 Å². The van der Waals surface area contributed by atoms with Crippen molar-refractivity contribution in [1.82, 2.24) is 14.8 Å². The molecule has 6 rings (SSSR count). The van der Waals surface area contributed by atoms with E-state index >= 15 is 0 Å². The van der Waals surface area contributed by atoms with Crippen LogP contribution in [0.25, 0.3) is 0 Å². The lowest BCUT2D eigenvalue weighted by molar-refractivity contribution is -0.00521. The minimum atomic E-state index is -3.70. The molecule has 4 aliphatic carbocycles. The minimum Gasteiger partial charge on any atom is -0.276 e. The van der Waals surface area contributed by atoms with Gasteiger partial charge in [0.1, 0.15) is 0 Å². The van der Waals surface area contributed by atoms with Crippen LogP contribution in [0.4, 0.5) is 5.95 Å². The Labute approximate surface area is 172 Å². The highest BCUT2D eigenvalue weighted by atomic mass is 32.2. The van der Waals surface area contributed by atoms with E-state index in [0.29, 0.717) is 0 Å². The smallest absolute Gasteiger partial charge is 0.257 e. The fourth-order valence-electron chi connectivity index (χ4n) is 6.41. The molecule has 1 heterocycles. The first kappa shape index (κ1) is 19.0. The Morgan fingerprint density at radius 3 is 1.93 bits per heavy atom. The van der Waals surface area contributed by atoms with Crippen LogP contribution in [-0.2, 0) is 15.4 Å². The van der Waals surface area contributed by atoms with Crippen LogP contribution in [-0.4, -0.2) is 18.4 Å². The van der Waals surface area contributed by atoms with E-state index in [2.05, 4.69) is 20.2 Å². The molecule has 4 fully saturated rings. The maximum atomic E-state index is 12.7. The normalized spacial score (nSPS) is 30.5. The van der Waals surface area contributed by atoms with Gasteiger partial charge in [-0.1, -0.05) is 12.1 Å². The number of anilines is 1. The lowest BCUT2D eigenvalue weighted by atomic mass is 9.48. The van der Waals surface area contributed by atoms with Gasteiger partial charge in [0.05, 0.1) is 4.90 Å². The van der Waals surface area contributed by atoms with Crippen LogP contribution in [0, 0.1) is 31.6 Å². The molecule has 1 aromatic heterocycles. The van der Waals surface area contributed by atoms with E-state index in [-0.39, 0.29) is 16.3 Å². The van der Waals surface area contributed by atoms with Gasteiger partial charge in [-0.25, -0.2) is 18.4 Å². The third kappa shape index (κ3) is 3.55. The van der Waals surface area contributed by atoms with Gasteiger partial charge in [0.15, 0.2) is 0 Å². The van der Waals surface area contributed by atoms with E-state index in [1.54, 1.807) is 12.1 Å². The van der Waals surface area contributed by atoms with Crippen molar-refractivity contribution in [2.45, 2.75) is 62.7 Å². The second-order valence-electron chi connectivity index (χ2n) is 9.43. The molecule has 2 N–H and O–H groups in total. The Morgan fingerprint density at radius 2 is 1.41 bits per heavy atom. The molecule has 4 aliphatic rings. The Balaban J connectivity index is 1.33. The van der Waals surface area contributed by atoms with E-state index in [1.165, 1.54) is 44.1 Å². The van der Waals surface area contributed by atoms with Crippen molar-refractivity contribution in [3.8, 4) is 0 Å². The second-order valence-corrected chi connectivity index (χ2v) is 11.1. The molecule has 4 bridgehead atoms. The highest BCUT2D eigenvalue weighted by molar-refractivity contribution is 7.89. The first-order chi connectivity index (χ1) is 13.8. The molecular weight excluding hydrogens is 384 g/mol. The number of hydrogen-bond donors (Lipinski definition) is 2. The minimum absolute atomic E-state index is 0.247. The van der Waals surface area contributed by atoms with Gasteiger partial charge in [-0.2, -0.15) is 0 Å². The number of nitrogens with zero attached hydrogens (tertiary/aromatic N) is 2. The number of aryl methyl sites for hydroxylation is 2. The fourth-order valence-corrected chi connectivity index (χ4v) is 7.24. The summed E-state index contributed by atoms with van der Waals surface area (Å²) in [5.41, 5.74) is 5.78. The van der Waals surface area contributed by atoms with Crippen molar-refractivity contribution in [2.24, 2.45) is 17.8 Å². The largest absolute Gasteiger partial charge is 0.276 e. The zero-order chi connectivity index (χ0) is 20.2. The molecule has 29 heavy (non-hydrogen) atoms. The maximum Gasteiger partial charge on any atom is 0.257 e. The third-order valence-electron chi connectivity index (χ3n) is 7.09. The van der Waals surface area contributed by atoms with Gasteiger partial charge >= 0.3 is 0 Å². The summed E-state index contributed by atoms with van der Waals surface area (Å²) in [5, 5.41) is 0. The number of nitrogens with one attached hydrogen (secondary N) is 2. The van der Waals surface area contributed by atoms with E-state index in [9.17, 15) is 8.42 Å². The highest BCUT2D eigenvalue weighted by Gasteiger charge is 2.51. The number of hydrogen-bond acceptors (Lipinski definition) is 5. The Kier molecular flexibility index (Phi) is 4.44. The van der Waals surface area contributed by atoms with Crippen LogP contribution >= 0.6 is 0 Å². The summed E-state index contributed by atoms with van der Waals surface area (Å²) in [6.45, 7) is 3.69.